The van der Waals surface area contributed by atoms with Gasteiger partial charge in [0.2, 0.25) is 5.91 Å². The molecule has 0 aromatic heterocycles. The van der Waals surface area contributed by atoms with E-state index in [1.54, 1.807) is 33.2 Å². The summed E-state index contributed by atoms with van der Waals surface area (Å²) < 4.78 is 4.82. The first-order valence-corrected chi connectivity index (χ1v) is 6.27. The molecule has 6 nitrogen and oxygen atoms in total. The molecule has 110 valence electrons. The Labute approximate surface area is 118 Å². The van der Waals surface area contributed by atoms with Gasteiger partial charge in [0.15, 0.2) is 0 Å². The highest BCUT2D eigenvalue weighted by molar-refractivity contribution is 5.98. The predicted molar refractivity (Wildman–Crippen MR) is 74.7 cm³/mol. The Kier molecular flexibility index (Phi) is 5.99. The van der Waals surface area contributed by atoms with Gasteiger partial charge in [-0.1, -0.05) is 6.07 Å². The molecular formula is C14H20N2O4. The molecule has 1 aromatic rings. The van der Waals surface area contributed by atoms with Crippen molar-refractivity contribution < 1.29 is 19.4 Å². The van der Waals surface area contributed by atoms with E-state index < -0.39 is 0 Å². The van der Waals surface area contributed by atoms with E-state index in [0.29, 0.717) is 24.3 Å². The van der Waals surface area contributed by atoms with Crippen molar-refractivity contribution in [3.63, 3.8) is 0 Å². The lowest BCUT2D eigenvalue weighted by Crippen LogP contribution is -2.39. The van der Waals surface area contributed by atoms with Crippen LogP contribution in [0.1, 0.15) is 15.9 Å². The fourth-order valence-electron chi connectivity index (χ4n) is 1.70. The summed E-state index contributed by atoms with van der Waals surface area (Å²) in [5, 5.41) is 12.2. The molecule has 6 heteroatoms. The molecule has 0 aliphatic heterocycles. The number of carbonyl (C=O) groups excluding carboxylic acids is 2. The number of nitrogens with one attached hydrogen (secondary N) is 1. The topological polar surface area (TPSA) is 78.9 Å². The van der Waals surface area contributed by atoms with Gasteiger partial charge in [-0.15, -0.1) is 0 Å². The molecular weight excluding hydrogens is 260 g/mol. The fraction of sp³-hybridized carbons (Fsp3) is 0.429. The van der Waals surface area contributed by atoms with Gasteiger partial charge in [-0.05, 0) is 19.1 Å². The predicted octanol–water partition coefficient (Wildman–Crippen LogP) is 0.535. The van der Waals surface area contributed by atoms with Crippen LogP contribution in [0.15, 0.2) is 18.2 Å². The third-order valence-corrected chi connectivity index (χ3v) is 2.89. The maximum absolute atomic E-state index is 12.2. The Balaban J connectivity index is 2.63. The number of amides is 2. The molecule has 0 saturated heterocycles. The Morgan fingerprint density at radius 3 is 2.75 bits per heavy atom. The lowest BCUT2D eigenvalue weighted by atomic mass is 10.1. The molecule has 0 aliphatic rings. The number of carbonyl (C=O) groups is 2. The Morgan fingerprint density at radius 1 is 1.40 bits per heavy atom. The number of likely N-dealkylation sites (N-methyl/N-ethyl adjacent to an activating group) is 1. The minimum absolute atomic E-state index is 0.0440. The van der Waals surface area contributed by atoms with E-state index in [4.69, 9.17) is 4.74 Å². The van der Waals surface area contributed by atoms with Gasteiger partial charge < -0.3 is 20.1 Å². The van der Waals surface area contributed by atoms with E-state index in [0.717, 1.165) is 0 Å². The van der Waals surface area contributed by atoms with Gasteiger partial charge in [-0.3, -0.25) is 9.59 Å². The van der Waals surface area contributed by atoms with Crippen LogP contribution in [0.25, 0.3) is 0 Å². The summed E-state index contributed by atoms with van der Waals surface area (Å²) in [6.07, 6.45) is 0. The van der Waals surface area contributed by atoms with Crippen LogP contribution in [0.3, 0.4) is 0 Å². The van der Waals surface area contributed by atoms with Crippen molar-refractivity contribution in [1.29, 1.82) is 0 Å². The quantitative estimate of drug-likeness (QED) is 0.745. The van der Waals surface area contributed by atoms with Crippen molar-refractivity contribution in [2.45, 2.75) is 6.92 Å². The van der Waals surface area contributed by atoms with Gasteiger partial charge in [0.1, 0.15) is 5.75 Å². The SMILES string of the molecule is COCCNC(=O)CN(C)C(=O)c1cccc(O)c1C. The van der Waals surface area contributed by atoms with E-state index in [-0.39, 0.29) is 24.1 Å². The van der Waals surface area contributed by atoms with Gasteiger partial charge in [0.05, 0.1) is 13.2 Å². The Hall–Kier alpha value is -2.08. The number of benzene rings is 1. The second kappa shape index (κ2) is 7.49. The van der Waals surface area contributed by atoms with Crippen LogP contribution in [-0.2, 0) is 9.53 Å². The van der Waals surface area contributed by atoms with Crippen molar-refractivity contribution in [3.8, 4) is 5.75 Å². The highest BCUT2D eigenvalue weighted by Crippen LogP contribution is 2.20. The monoisotopic (exact) mass is 280 g/mol. The summed E-state index contributed by atoms with van der Waals surface area (Å²) in [6, 6.07) is 4.74. The molecule has 20 heavy (non-hydrogen) atoms. The number of hydrogen-bond donors (Lipinski definition) is 2. The molecule has 0 spiro atoms. The molecule has 0 bridgehead atoms. The smallest absolute Gasteiger partial charge is 0.254 e. The number of ether oxygens (including phenoxy) is 1. The lowest BCUT2D eigenvalue weighted by molar-refractivity contribution is -0.121. The minimum Gasteiger partial charge on any atom is -0.508 e. The molecule has 2 amide bonds. The van der Waals surface area contributed by atoms with Crippen LogP contribution in [0.5, 0.6) is 5.75 Å². The summed E-state index contributed by atoms with van der Waals surface area (Å²) >= 11 is 0. The third kappa shape index (κ3) is 4.24. The molecule has 0 atom stereocenters. The van der Waals surface area contributed by atoms with Crippen molar-refractivity contribution in [1.82, 2.24) is 10.2 Å². The van der Waals surface area contributed by atoms with Gasteiger partial charge in [-0.25, -0.2) is 0 Å². The molecule has 0 saturated carbocycles. The van der Waals surface area contributed by atoms with Crippen molar-refractivity contribution in [2.75, 3.05) is 33.9 Å². The van der Waals surface area contributed by atoms with Crippen LogP contribution in [0.4, 0.5) is 0 Å². The zero-order valence-electron chi connectivity index (χ0n) is 12.0. The number of hydrogen-bond acceptors (Lipinski definition) is 4. The summed E-state index contributed by atoms with van der Waals surface area (Å²) in [7, 11) is 3.09. The first-order valence-electron chi connectivity index (χ1n) is 6.27. The molecule has 0 heterocycles. The van der Waals surface area contributed by atoms with Crippen LogP contribution in [0.2, 0.25) is 0 Å². The lowest BCUT2D eigenvalue weighted by Gasteiger charge is -2.18. The van der Waals surface area contributed by atoms with Crippen molar-refractivity contribution in [2.24, 2.45) is 0 Å². The number of methoxy groups -OCH3 is 1. The zero-order valence-corrected chi connectivity index (χ0v) is 12.0. The van der Waals surface area contributed by atoms with E-state index in [1.165, 1.54) is 11.0 Å². The second-order valence-electron chi connectivity index (χ2n) is 4.45. The molecule has 0 aliphatic carbocycles. The van der Waals surface area contributed by atoms with Crippen LogP contribution in [-0.4, -0.2) is 55.7 Å². The van der Waals surface area contributed by atoms with E-state index in [2.05, 4.69) is 5.32 Å². The van der Waals surface area contributed by atoms with Crippen molar-refractivity contribution >= 4 is 11.8 Å². The number of nitrogens with zero attached hydrogens (tertiary/aromatic N) is 1. The maximum atomic E-state index is 12.2. The Bertz CT molecular complexity index is 488. The van der Waals surface area contributed by atoms with Gasteiger partial charge in [0.25, 0.3) is 5.91 Å². The second-order valence-corrected chi connectivity index (χ2v) is 4.45. The number of aromatic hydroxyl groups is 1. The molecule has 1 aromatic carbocycles. The Morgan fingerprint density at radius 2 is 2.10 bits per heavy atom. The summed E-state index contributed by atoms with van der Waals surface area (Å²) in [4.78, 5) is 25.1. The van der Waals surface area contributed by atoms with Gasteiger partial charge in [0, 0.05) is 31.8 Å². The average Bonchev–Trinajstić information content (AvgIpc) is 2.41. The standard InChI is InChI=1S/C14H20N2O4/c1-10-11(5-4-6-12(10)17)14(19)16(2)9-13(18)15-7-8-20-3/h4-6,17H,7-9H2,1-3H3,(H,15,18). The van der Waals surface area contributed by atoms with Crippen molar-refractivity contribution in [3.05, 3.63) is 29.3 Å². The maximum Gasteiger partial charge on any atom is 0.254 e. The van der Waals surface area contributed by atoms with Gasteiger partial charge in [-0.2, -0.15) is 0 Å². The highest BCUT2D eigenvalue weighted by atomic mass is 16.5. The highest BCUT2D eigenvalue weighted by Gasteiger charge is 2.17. The molecule has 0 unspecified atom stereocenters. The average molecular weight is 280 g/mol. The number of rotatable bonds is 6. The molecule has 0 radical (unpaired) electrons. The first-order chi connectivity index (χ1) is 9.47. The molecule has 0 fully saturated rings. The van der Waals surface area contributed by atoms with E-state index in [9.17, 15) is 14.7 Å². The minimum atomic E-state index is -0.305. The van der Waals surface area contributed by atoms with Crippen LogP contribution < -0.4 is 5.32 Å². The van der Waals surface area contributed by atoms with E-state index in [1.807, 2.05) is 0 Å². The normalized spacial score (nSPS) is 10.2. The molecule has 1 rings (SSSR count). The summed E-state index contributed by atoms with van der Waals surface area (Å²) in [5.74, 6) is -0.496. The van der Waals surface area contributed by atoms with E-state index >= 15 is 0 Å². The number of phenols is 1. The first kappa shape index (κ1) is 16.0. The number of phenolic OH excluding ortho intramolecular Hbond substituents is 1. The largest absolute Gasteiger partial charge is 0.508 e. The summed E-state index contributed by atoms with van der Waals surface area (Å²) in [5.41, 5.74) is 0.890. The van der Waals surface area contributed by atoms with Crippen LogP contribution >= 0.6 is 0 Å². The molecule has 2 N–H and O–H groups in total. The van der Waals surface area contributed by atoms with Gasteiger partial charge >= 0.3 is 0 Å². The summed E-state index contributed by atoms with van der Waals surface area (Å²) in [6.45, 7) is 2.45. The fourth-order valence-corrected chi connectivity index (χ4v) is 1.70. The van der Waals surface area contributed by atoms with Crippen LogP contribution in [0, 0.1) is 6.92 Å². The third-order valence-electron chi connectivity index (χ3n) is 2.89. The zero-order chi connectivity index (χ0) is 15.1.